The third-order valence-electron chi connectivity index (χ3n) is 3.15. The molecule has 0 saturated carbocycles. The molecule has 3 rings (SSSR count). The van der Waals surface area contributed by atoms with Crippen LogP contribution in [-0.4, -0.2) is 6.04 Å². The second-order valence-electron chi connectivity index (χ2n) is 4.28. The van der Waals surface area contributed by atoms with E-state index in [1.807, 2.05) is 18.4 Å². The summed E-state index contributed by atoms with van der Waals surface area (Å²) < 4.78 is 5.51. The summed E-state index contributed by atoms with van der Waals surface area (Å²) in [5.41, 5.74) is 2.23. The van der Waals surface area contributed by atoms with Gasteiger partial charge in [-0.1, -0.05) is 30.4 Å². The summed E-state index contributed by atoms with van der Waals surface area (Å²) >= 11 is 0. The number of rotatable bonds is 3. The molecule has 2 aromatic rings. The van der Waals surface area contributed by atoms with Crippen LogP contribution >= 0.6 is 0 Å². The molecule has 0 atom stereocenters. The van der Waals surface area contributed by atoms with E-state index in [1.54, 1.807) is 0 Å². The van der Waals surface area contributed by atoms with Crippen molar-refractivity contribution < 1.29 is 4.42 Å². The Morgan fingerprint density at radius 2 is 2.00 bits per heavy atom. The van der Waals surface area contributed by atoms with Gasteiger partial charge in [-0.3, -0.25) is 0 Å². The molecule has 1 aliphatic rings. The van der Waals surface area contributed by atoms with E-state index in [2.05, 4.69) is 29.6 Å². The SMILES string of the molecule is C1=CCC(NCc2coc3ccccc23)C1. The summed E-state index contributed by atoms with van der Waals surface area (Å²) in [5, 5.41) is 4.78. The van der Waals surface area contributed by atoms with Crippen LogP contribution in [0.1, 0.15) is 18.4 Å². The second kappa shape index (κ2) is 4.14. The normalized spacial score (nSPS) is 16.2. The fraction of sp³-hybridized carbons (Fsp3) is 0.286. The molecule has 1 heterocycles. The molecule has 0 saturated heterocycles. The summed E-state index contributed by atoms with van der Waals surface area (Å²) in [7, 11) is 0. The molecule has 0 radical (unpaired) electrons. The quantitative estimate of drug-likeness (QED) is 0.792. The summed E-state index contributed by atoms with van der Waals surface area (Å²) in [6.45, 7) is 0.892. The van der Waals surface area contributed by atoms with Gasteiger partial charge < -0.3 is 9.73 Å². The number of para-hydroxylation sites is 1. The molecule has 16 heavy (non-hydrogen) atoms. The van der Waals surface area contributed by atoms with Gasteiger partial charge in [0.2, 0.25) is 0 Å². The van der Waals surface area contributed by atoms with E-state index in [4.69, 9.17) is 4.42 Å². The molecule has 1 N–H and O–H groups in total. The second-order valence-corrected chi connectivity index (χ2v) is 4.28. The highest BCUT2D eigenvalue weighted by atomic mass is 16.3. The molecule has 82 valence electrons. The number of fused-ring (bicyclic) bond motifs is 1. The number of nitrogens with one attached hydrogen (secondary N) is 1. The van der Waals surface area contributed by atoms with Gasteiger partial charge in [0.25, 0.3) is 0 Å². The predicted molar refractivity (Wildman–Crippen MR) is 65.2 cm³/mol. The van der Waals surface area contributed by atoms with Crippen LogP contribution < -0.4 is 5.32 Å². The van der Waals surface area contributed by atoms with Gasteiger partial charge in [0.05, 0.1) is 6.26 Å². The van der Waals surface area contributed by atoms with E-state index >= 15 is 0 Å². The highest BCUT2D eigenvalue weighted by Gasteiger charge is 2.10. The van der Waals surface area contributed by atoms with Crippen molar-refractivity contribution in [3.05, 3.63) is 48.2 Å². The van der Waals surface area contributed by atoms with E-state index in [0.717, 1.165) is 25.0 Å². The average molecular weight is 213 g/mol. The zero-order valence-corrected chi connectivity index (χ0v) is 9.15. The van der Waals surface area contributed by atoms with Crippen LogP contribution in [0.4, 0.5) is 0 Å². The van der Waals surface area contributed by atoms with E-state index in [-0.39, 0.29) is 0 Å². The first-order chi connectivity index (χ1) is 7.93. The van der Waals surface area contributed by atoms with Gasteiger partial charge in [-0.2, -0.15) is 0 Å². The van der Waals surface area contributed by atoms with Crippen molar-refractivity contribution in [1.29, 1.82) is 0 Å². The molecule has 1 aromatic carbocycles. The zero-order valence-electron chi connectivity index (χ0n) is 9.15. The molecule has 1 aromatic heterocycles. The summed E-state index contributed by atoms with van der Waals surface area (Å²) in [6, 6.07) is 8.79. The maximum atomic E-state index is 5.51. The Morgan fingerprint density at radius 3 is 2.88 bits per heavy atom. The lowest BCUT2D eigenvalue weighted by molar-refractivity contribution is 0.533. The third kappa shape index (κ3) is 1.76. The van der Waals surface area contributed by atoms with Crippen LogP contribution in [0.2, 0.25) is 0 Å². The lowest BCUT2D eigenvalue weighted by Crippen LogP contribution is -2.25. The van der Waals surface area contributed by atoms with Crippen molar-refractivity contribution in [2.24, 2.45) is 0 Å². The van der Waals surface area contributed by atoms with Crippen LogP contribution in [0.25, 0.3) is 11.0 Å². The molecule has 0 spiro atoms. The zero-order chi connectivity index (χ0) is 10.8. The minimum absolute atomic E-state index is 0.605. The van der Waals surface area contributed by atoms with Gasteiger partial charge in [0.15, 0.2) is 0 Å². The largest absolute Gasteiger partial charge is 0.464 e. The Morgan fingerprint density at radius 1 is 1.19 bits per heavy atom. The smallest absolute Gasteiger partial charge is 0.134 e. The molecular formula is C14H15NO. The Hall–Kier alpha value is -1.54. The van der Waals surface area contributed by atoms with E-state index < -0.39 is 0 Å². The first-order valence-electron chi connectivity index (χ1n) is 5.77. The van der Waals surface area contributed by atoms with E-state index in [0.29, 0.717) is 6.04 Å². The van der Waals surface area contributed by atoms with Gasteiger partial charge in [0.1, 0.15) is 5.58 Å². The standard InChI is InChI=1S/C14H15NO/c1-2-6-12(5-1)15-9-11-10-16-14-8-4-3-7-13(11)14/h1-4,7-8,10,12,15H,5-6,9H2. The van der Waals surface area contributed by atoms with Crippen molar-refractivity contribution in [3.8, 4) is 0 Å². The van der Waals surface area contributed by atoms with Gasteiger partial charge in [-0.15, -0.1) is 0 Å². The molecule has 0 amide bonds. The Labute approximate surface area is 95.0 Å². The maximum Gasteiger partial charge on any atom is 0.134 e. The van der Waals surface area contributed by atoms with Crippen LogP contribution in [-0.2, 0) is 6.54 Å². The molecule has 0 fully saturated rings. The fourth-order valence-corrected chi connectivity index (χ4v) is 2.21. The van der Waals surface area contributed by atoms with Gasteiger partial charge in [-0.05, 0) is 18.9 Å². The lowest BCUT2D eigenvalue weighted by atomic mass is 10.1. The highest BCUT2D eigenvalue weighted by Crippen LogP contribution is 2.21. The molecule has 2 nitrogen and oxygen atoms in total. The Bertz CT molecular complexity index is 504. The Balaban J connectivity index is 1.74. The van der Waals surface area contributed by atoms with Crippen LogP contribution in [0.15, 0.2) is 47.1 Å². The highest BCUT2D eigenvalue weighted by molar-refractivity contribution is 5.80. The number of benzene rings is 1. The number of hydrogen-bond acceptors (Lipinski definition) is 2. The molecular weight excluding hydrogens is 198 g/mol. The summed E-state index contributed by atoms with van der Waals surface area (Å²) in [4.78, 5) is 0. The van der Waals surface area contributed by atoms with Crippen molar-refractivity contribution >= 4 is 11.0 Å². The summed E-state index contributed by atoms with van der Waals surface area (Å²) in [5.74, 6) is 0. The number of furan rings is 1. The molecule has 2 heteroatoms. The van der Waals surface area contributed by atoms with Crippen molar-refractivity contribution in [2.45, 2.75) is 25.4 Å². The number of hydrogen-bond donors (Lipinski definition) is 1. The molecule has 0 aliphatic heterocycles. The lowest BCUT2D eigenvalue weighted by Gasteiger charge is -2.10. The predicted octanol–water partition coefficient (Wildman–Crippen LogP) is 3.24. The topological polar surface area (TPSA) is 25.2 Å². The van der Waals surface area contributed by atoms with Crippen LogP contribution in [0.3, 0.4) is 0 Å². The van der Waals surface area contributed by atoms with Crippen molar-refractivity contribution in [2.75, 3.05) is 0 Å². The van der Waals surface area contributed by atoms with Gasteiger partial charge >= 0.3 is 0 Å². The molecule has 1 aliphatic carbocycles. The fourth-order valence-electron chi connectivity index (χ4n) is 2.21. The van der Waals surface area contributed by atoms with Crippen molar-refractivity contribution in [1.82, 2.24) is 5.32 Å². The van der Waals surface area contributed by atoms with Crippen LogP contribution in [0.5, 0.6) is 0 Å². The average Bonchev–Trinajstić information content (AvgIpc) is 2.96. The van der Waals surface area contributed by atoms with Gasteiger partial charge in [-0.25, -0.2) is 0 Å². The minimum atomic E-state index is 0.605. The van der Waals surface area contributed by atoms with Crippen LogP contribution in [0, 0.1) is 0 Å². The van der Waals surface area contributed by atoms with E-state index in [1.165, 1.54) is 10.9 Å². The maximum absolute atomic E-state index is 5.51. The monoisotopic (exact) mass is 213 g/mol. The summed E-state index contributed by atoms with van der Waals surface area (Å²) in [6.07, 6.45) is 8.64. The van der Waals surface area contributed by atoms with Gasteiger partial charge in [0, 0.05) is 23.5 Å². The first-order valence-corrected chi connectivity index (χ1v) is 5.77. The first kappa shape index (κ1) is 9.67. The molecule has 0 unspecified atom stereocenters. The molecule has 0 bridgehead atoms. The van der Waals surface area contributed by atoms with E-state index in [9.17, 15) is 0 Å². The van der Waals surface area contributed by atoms with Crippen molar-refractivity contribution in [3.63, 3.8) is 0 Å². The Kier molecular flexibility index (Phi) is 2.50. The minimum Gasteiger partial charge on any atom is -0.464 e. The third-order valence-corrected chi connectivity index (χ3v) is 3.15.